The third kappa shape index (κ3) is 3.75. The lowest BCUT2D eigenvalue weighted by molar-refractivity contribution is -0.138. The topological polar surface area (TPSA) is 110 Å². The molecule has 0 aromatic heterocycles. The molecule has 0 spiro atoms. The number of carboxylic acids is 1. The Kier molecular flexibility index (Phi) is 5.24. The summed E-state index contributed by atoms with van der Waals surface area (Å²) in [6.45, 7) is -0.0277. The molecule has 0 fully saturated rings. The van der Waals surface area contributed by atoms with E-state index in [0.717, 1.165) is 27.2 Å². The number of amides is 1. The van der Waals surface area contributed by atoms with Crippen molar-refractivity contribution in [1.29, 1.82) is 0 Å². The number of carboxylic acid groups (broad SMARTS) is 1. The highest BCUT2D eigenvalue weighted by Gasteiger charge is 2.42. The Morgan fingerprint density at radius 3 is 2.18 bits per heavy atom. The number of hydrogen-bond acceptors (Lipinski definition) is 6. The molecule has 1 aliphatic heterocycles. The smallest absolute Gasteiger partial charge is 0.480 e. The van der Waals surface area contributed by atoms with Gasteiger partial charge in [-0.3, -0.25) is 4.90 Å². The van der Waals surface area contributed by atoms with Crippen LogP contribution >= 0.6 is 0 Å². The molecule has 0 saturated carbocycles. The highest BCUT2D eigenvalue weighted by molar-refractivity contribution is 7.81. The number of carbonyl (C=O) groups is 2. The summed E-state index contributed by atoms with van der Waals surface area (Å²) in [5.41, 5.74) is 4.26. The molecule has 1 N–H and O–H groups in total. The Hall–Kier alpha value is -3.92. The summed E-state index contributed by atoms with van der Waals surface area (Å²) in [5.74, 6) is -1.92. The maximum Gasteiger partial charge on any atom is 0.488 e. The lowest BCUT2D eigenvalue weighted by atomic mass is 9.98. The Morgan fingerprint density at radius 1 is 0.971 bits per heavy atom. The van der Waals surface area contributed by atoms with Gasteiger partial charge in [-0.15, -0.1) is 0 Å². The van der Waals surface area contributed by atoms with E-state index in [0.29, 0.717) is 0 Å². The number of fused-ring (bicyclic) bond motifs is 4. The summed E-state index contributed by atoms with van der Waals surface area (Å²) in [6, 6.07) is 18.2. The highest BCUT2D eigenvalue weighted by atomic mass is 32.3. The molecule has 34 heavy (non-hydrogen) atoms. The number of nitrogens with zero attached hydrogens (tertiary/aromatic N) is 1. The molecule has 1 aliphatic carbocycles. The average Bonchev–Trinajstić information content (AvgIpc) is 3.34. The number of benzene rings is 3. The molecule has 8 nitrogen and oxygen atoms in total. The van der Waals surface area contributed by atoms with Crippen molar-refractivity contribution < 1.29 is 35.9 Å². The van der Waals surface area contributed by atoms with E-state index in [9.17, 15) is 27.0 Å². The van der Waals surface area contributed by atoms with Crippen molar-refractivity contribution in [3.63, 3.8) is 0 Å². The zero-order valence-corrected chi connectivity index (χ0v) is 18.4. The number of rotatable bonds is 5. The largest absolute Gasteiger partial charge is 0.488 e. The summed E-state index contributed by atoms with van der Waals surface area (Å²) >= 11 is 0. The Balaban J connectivity index is 1.43. The van der Waals surface area contributed by atoms with Gasteiger partial charge in [0.25, 0.3) is 0 Å². The lowest BCUT2D eigenvalue weighted by Gasteiger charge is -2.23. The molecule has 1 unspecified atom stereocenters. The summed E-state index contributed by atoms with van der Waals surface area (Å²) in [5, 5.41) is 9.69. The fraction of sp³-hybridized carbons (Fsp3) is 0.167. The van der Waals surface area contributed by atoms with E-state index >= 15 is 0 Å². The van der Waals surface area contributed by atoms with Crippen LogP contribution in [0.1, 0.15) is 22.6 Å². The van der Waals surface area contributed by atoms with E-state index in [2.05, 4.69) is 4.18 Å². The molecule has 2 aliphatic rings. The molecular weight excluding hydrogens is 465 g/mol. The van der Waals surface area contributed by atoms with E-state index in [4.69, 9.17) is 4.74 Å². The molecule has 1 atom stereocenters. The van der Waals surface area contributed by atoms with Gasteiger partial charge in [-0.1, -0.05) is 58.5 Å². The third-order valence-electron chi connectivity index (χ3n) is 6.08. The van der Waals surface area contributed by atoms with Crippen molar-refractivity contribution >= 4 is 28.3 Å². The molecular formula is C24H18FNO7S. The predicted molar refractivity (Wildman–Crippen MR) is 120 cm³/mol. The summed E-state index contributed by atoms with van der Waals surface area (Å²) in [7, 11) is -5.33. The monoisotopic (exact) mass is 483 g/mol. The van der Waals surface area contributed by atoms with Crippen LogP contribution in [0.2, 0.25) is 0 Å². The second-order valence-corrected chi connectivity index (χ2v) is 8.92. The van der Waals surface area contributed by atoms with Gasteiger partial charge in [0, 0.05) is 17.9 Å². The van der Waals surface area contributed by atoms with Crippen LogP contribution < -0.4 is 9.08 Å². The highest BCUT2D eigenvalue weighted by Crippen LogP contribution is 2.45. The van der Waals surface area contributed by atoms with Crippen LogP contribution in [0.4, 0.5) is 14.4 Å². The maximum absolute atomic E-state index is 13.1. The predicted octanol–water partition coefficient (Wildman–Crippen LogP) is 4.04. The van der Waals surface area contributed by atoms with Crippen molar-refractivity contribution in [3.05, 3.63) is 83.4 Å². The van der Waals surface area contributed by atoms with E-state index in [1.54, 1.807) is 0 Å². The number of halogens is 1. The number of aliphatic carboxylic acids is 1. The fourth-order valence-electron chi connectivity index (χ4n) is 4.71. The van der Waals surface area contributed by atoms with Gasteiger partial charge in [0.1, 0.15) is 12.6 Å². The Morgan fingerprint density at radius 2 is 1.59 bits per heavy atom. The lowest BCUT2D eigenvalue weighted by Crippen LogP contribution is -2.43. The number of ether oxygens (including phenoxy) is 1. The minimum Gasteiger partial charge on any atom is -0.480 e. The second-order valence-electron chi connectivity index (χ2n) is 7.96. The molecule has 3 aromatic carbocycles. The average molecular weight is 483 g/mol. The molecule has 174 valence electrons. The number of carbonyl (C=O) groups excluding carboxylic acids is 1. The van der Waals surface area contributed by atoms with Gasteiger partial charge in [-0.05, 0) is 34.4 Å². The molecule has 10 heteroatoms. The van der Waals surface area contributed by atoms with Crippen LogP contribution in [-0.4, -0.2) is 38.2 Å². The van der Waals surface area contributed by atoms with Gasteiger partial charge >= 0.3 is 22.6 Å². The molecule has 0 radical (unpaired) electrons. The van der Waals surface area contributed by atoms with Crippen LogP contribution in [0.3, 0.4) is 0 Å². The van der Waals surface area contributed by atoms with E-state index in [1.165, 1.54) is 18.2 Å². The molecule has 1 heterocycles. The fourth-order valence-corrected chi connectivity index (χ4v) is 5.08. The first-order chi connectivity index (χ1) is 16.2. The maximum atomic E-state index is 13.1. The number of anilines is 1. The van der Waals surface area contributed by atoms with Crippen LogP contribution in [0.15, 0.2) is 66.7 Å². The van der Waals surface area contributed by atoms with E-state index < -0.39 is 28.6 Å². The zero-order valence-electron chi connectivity index (χ0n) is 17.5. The Labute approximate surface area is 194 Å². The standard InChI is InChI=1S/C24H18FNO7S/c25-34(30,31)33-22-11-5-10-20-18(22)12-21(23(27)28)26(20)24(29)32-13-19-16-8-3-1-6-14(16)15-7-2-4-9-17(15)19/h1-11,19,21H,12-13H2,(H,27,28). The van der Waals surface area contributed by atoms with Crippen molar-refractivity contribution in [2.24, 2.45) is 0 Å². The first-order valence-electron chi connectivity index (χ1n) is 10.4. The van der Waals surface area contributed by atoms with Crippen molar-refractivity contribution in [2.45, 2.75) is 18.4 Å². The van der Waals surface area contributed by atoms with Crippen LogP contribution in [-0.2, 0) is 26.5 Å². The van der Waals surface area contributed by atoms with Crippen LogP contribution in [0.5, 0.6) is 5.75 Å². The van der Waals surface area contributed by atoms with Gasteiger partial charge in [0.05, 0.1) is 5.69 Å². The quantitative estimate of drug-likeness (QED) is 0.545. The Bertz CT molecular complexity index is 1380. The van der Waals surface area contributed by atoms with Gasteiger partial charge in [-0.2, -0.15) is 8.42 Å². The molecule has 1 amide bonds. The first-order valence-corrected chi connectivity index (χ1v) is 11.7. The summed E-state index contributed by atoms with van der Waals surface area (Å²) in [6.07, 6.45) is -1.17. The van der Waals surface area contributed by atoms with Crippen LogP contribution in [0, 0.1) is 0 Å². The molecule has 5 rings (SSSR count). The van der Waals surface area contributed by atoms with Gasteiger partial charge < -0.3 is 14.0 Å². The summed E-state index contributed by atoms with van der Waals surface area (Å²) in [4.78, 5) is 25.9. The van der Waals surface area contributed by atoms with E-state index in [1.807, 2.05) is 48.5 Å². The minimum atomic E-state index is -5.33. The number of hydrogen-bond donors (Lipinski definition) is 1. The second kappa shape index (κ2) is 8.14. The SMILES string of the molecule is O=C(O)C1Cc2c(OS(=O)(=O)F)cccc2N1C(=O)OCC1c2ccccc2-c2ccccc21. The van der Waals surface area contributed by atoms with Crippen molar-refractivity contribution in [1.82, 2.24) is 0 Å². The normalized spacial score (nSPS) is 16.5. The minimum absolute atomic E-state index is 0.0277. The third-order valence-corrected chi connectivity index (χ3v) is 6.46. The molecule has 0 bridgehead atoms. The van der Waals surface area contributed by atoms with Crippen molar-refractivity contribution in [2.75, 3.05) is 11.5 Å². The van der Waals surface area contributed by atoms with Crippen molar-refractivity contribution in [3.8, 4) is 16.9 Å². The van der Waals surface area contributed by atoms with Crippen LogP contribution in [0.25, 0.3) is 11.1 Å². The zero-order chi connectivity index (χ0) is 24.0. The molecule has 3 aromatic rings. The van der Waals surface area contributed by atoms with Gasteiger partial charge in [0.15, 0.2) is 5.75 Å². The molecule has 0 saturated heterocycles. The van der Waals surface area contributed by atoms with Gasteiger partial charge in [-0.25, -0.2) is 9.59 Å². The van der Waals surface area contributed by atoms with E-state index in [-0.39, 0.29) is 35.9 Å². The summed E-state index contributed by atoms with van der Waals surface area (Å²) < 4.78 is 45.0. The van der Waals surface area contributed by atoms with Gasteiger partial charge in [0.2, 0.25) is 0 Å². The first kappa shape index (κ1) is 21.9.